The second-order valence-electron chi connectivity index (χ2n) is 4.42. The predicted octanol–water partition coefficient (Wildman–Crippen LogP) is 0.446. The van der Waals surface area contributed by atoms with E-state index >= 15 is 0 Å². The van der Waals surface area contributed by atoms with Gasteiger partial charge in [0.25, 0.3) is 5.91 Å². The van der Waals surface area contributed by atoms with E-state index in [4.69, 9.17) is 5.73 Å². The third kappa shape index (κ3) is 3.90. The van der Waals surface area contributed by atoms with Crippen molar-refractivity contribution in [3.05, 3.63) is 23.6 Å². The Hall–Kier alpha value is -2.18. The van der Waals surface area contributed by atoms with Gasteiger partial charge in [0.05, 0.1) is 5.56 Å². The SMILES string of the molecule is CC(C)NC(=O)C(C)NC(=O)c1ccnc(N)c1F. The largest absolute Gasteiger partial charge is 0.381 e. The van der Waals surface area contributed by atoms with E-state index in [1.165, 1.54) is 19.2 Å². The molecule has 1 unspecified atom stereocenters. The summed E-state index contributed by atoms with van der Waals surface area (Å²) >= 11 is 0. The minimum absolute atomic E-state index is 0.0415. The fourth-order valence-corrected chi connectivity index (χ4v) is 1.38. The first kappa shape index (κ1) is 14.9. The minimum atomic E-state index is -0.892. The summed E-state index contributed by atoms with van der Waals surface area (Å²) in [6, 6.07) is 0.387. The molecule has 0 aliphatic carbocycles. The van der Waals surface area contributed by atoms with E-state index < -0.39 is 17.8 Å². The van der Waals surface area contributed by atoms with Gasteiger partial charge in [0.1, 0.15) is 6.04 Å². The van der Waals surface area contributed by atoms with Gasteiger partial charge in [-0.25, -0.2) is 9.37 Å². The normalized spacial score (nSPS) is 12.1. The first-order valence-electron chi connectivity index (χ1n) is 5.84. The van der Waals surface area contributed by atoms with Crippen LogP contribution in [0.2, 0.25) is 0 Å². The number of rotatable bonds is 4. The number of nitrogens with two attached hydrogens (primary N) is 1. The third-order valence-corrected chi connectivity index (χ3v) is 2.33. The van der Waals surface area contributed by atoms with Gasteiger partial charge in [0.15, 0.2) is 11.6 Å². The molecule has 1 heterocycles. The van der Waals surface area contributed by atoms with Crippen LogP contribution in [0.1, 0.15) is 31.1 Å². The summed E-state index contributed by atoms with van der Waals surface area (Å²) in [5.74, 6) is -2.30. The molecule has 0 radical (unpaired) electrons. The van der Waals surface area contributed by atoms with Crippen molar-refractivity contribution in [3.8, 4) is 0 Å². The lowest BCUT2D eigenvalue weighted by Crippen LogP contribution is -2.46. The zero-order valence-electron chi connectivity index (χ0n) is 11.0. The van der Waals surface area contributed by atoms with Crippen molar-refractivity contribution in [2.45, 2.75) is 32.9 Å². The van der Waals surface area contributed by atoms with Gasteiger partial charge in [-0.15, -0.1) is 0 Å². The zero-order chi connectivity index (χ0) is 14.6. The highest BCUT2D eigenvalue weighted by Crippen LogP contribution is 2.11. The van der Waals surface area contributed by atoms with Crippen LogP contribution in [0.15, 0.2) is 12.3 Å². The maximum atomic E-state index is 13.6. The monoisotopic (exact) mass is 268 g/mol. The van der Waals surface area contributed by atoms with E-state index in [1.807, 2.05) is 0 Å². The van der Waals surface area contributed by atoms with Gasteiger partial charge in [-0.05, 0) is 26.8 Å². The van der Waals surface area contributed by atoms with E-state index in [1.54, 1.807) is 13.8 Å². The number of nitrogens with one attached hydrogen (secondary N) is 2. The van der Waals surface area contributed by atoms with Crippen LogP contribution < -0.4 is 16.4 Å². The van der Waals surface area contributed by atoms with E-state index in [-0.39, 0.29) is 23.3 Å². The summed E-state index contributed by atoms with van der Waals surface area (Å²) < 4.78 is 13.6. The molecule has 0 saturated heterocycles. The molecule has 1 rings (SSSR count). The Bertz CT molecular complexity index is 491. The number of hydrogen-bond donors (Lipinski definition) is 3. The van der Waals surface area contributed by atoms with Crippen molar-refractivity contribution in [3.63, 3.8) is 0 Å². The lowest BCUT2D eigenvalue weighted by molar-refractivity contribution is -0.123. The third-order valence-electron chi connectivity index (χ3n) is 2.33. The van der Waals surface area contributed by atoms with Gasteiger partial charge in [0, 0.05) is 12.2 Å². The topological polar surface area (TPSA) is 97.1 Å². The number of hydrogen-bond acceptors (Lipinski definition) is 4. The smallest absolute Gasteiger partial charge is 0.255 e. The number of pyridine rings is 1. The summed E-state index contributed by atoms with van der Waals surface area (Å²) in [4.78, 5) is 26.9. The molecule has 2 amide bonds. The number of carbonyl (C=O) groups is 2. The molecule has 0 fully saturated rings. The number of nitrogens with zero attached hydrogens (tertiary/aromatic N) is 1. The van der Waals surface area contributed by atoms with Crippen LogP contribution >= 0.6 is 0 Å². The lowest BCUT2D eigenvalue weighted by atomic mass is 10.2. The summed E-state index contributed by atoms with van der Waals surface area (Å²) in [7, 11) is 0. The molecule has 6 nitrogen and oxygen atoms in total. The fourth-order valence-electron chi connectivity index (χ4n) is 1.38. The van der Waals surface area contributed by atoms with E-state index in [2.05, 4.69) is 15.6 Å². The molecular formula is C12H17FN4O2. The number of aromatic nitrogens is 1. The van der Waals surface area contributed by atoms with Crippen LogP contribution in [-0.4, -0.2) is 28.9 Å². The molecule has 1 atom stereocenters. The second-order valence-corrected chi connectivity index (χ2v) is 4.42. The van der Waals surface area contributed by atoms with Crippen LogP contribution in [0.5, 0.6) is 0 Å². The van der Waals surface area contributed by atoms with Crippen molar-refractivity contribution in [2.75, 3.05) is 5.73 Å². The Labute approximate surface area is 110 Å². The van der Waals surface area contributed by atoms with Crippen LogP contribution in [-0.2, 0) is 4.79 Å². The van der Waals surface area contributed by atoms with Crippen LogP contribution in [0.3, 0.4) is 0 Å². The molecule has 19 heavy (non-hydrogen) atoms. The quantitative estimate of drug-likeness (QED) is 0.738. The Kier molecular flexibility index (Phi) is 4.80. The van der Waals surface area contributed by atoms with Crippen LogP contribution in [0.4, 0.5) is 10.2 Å². The molecule has 0 aliphatic rings. The standard InChI is InChI=1S/C12H17FN4O2/c1-6(2)16-11(18)7(3)17-12(19)8-4-5-15-10(14)9(8)13/h4-7H,1-3H3,(H2,14,15)(H,16,18)(H,17,19). The molecule has 0 spiro atoms. The fraction of sp³-hybridized carbons (Fsp3) is 0.417. The van der Waals surface area contributed by atoms with Crippen molar-refractivity contribution in [1.29, 1.82) is 0 Å². The molecule has 0 aliphatic heterocycles. The Morgan fingerprint density at radius 2 is 1.95 bits per heavy atom. The van der Waals surface area contributed by atoms with E-state index in [0.717, 1.165) is 0 Å². The van der Waals surface area contributed by atoms with Crippen LogP contribution in [0.25, 0.3) is 0 Å². The first-order valence-corrected chi connectivity index (χ1v) is 5.84. The van der Waals surface area contributed by atoms with Gasteiger partial charge in [-0.1, -0.05) is 0 Å². The molecule has 1 aromatic rings. The van der Waals surface area contributed by atoms with Crippen molar-refractivity contribution < 1.29 is 14.0 Å². The molecule has 104 valence electrons. The molecule has 1 aromatic heterocycles. The second kappa shape index (κ2) is 6.12. The number of nitrogen functional groups attached to an aromatic ring is 1. The minimum Gasteiger partial charge on any atom is -0.381 e. The zero-order valence-corrected chi connectivity index (χ0v) is 11.0. The number of carbonyl (C=O) groups excluding carboxylic acids is 2. The molecular weight excluding hydrogens is 251 g/mol. The first-order chi connectivity index (χ1) is 8.82. The Balaban J connectivity index is 2.74. The van der Waals surface area contributed by atoms with E-state index in [9.17, 15) is 14.0 Å². The molecule has 7 heteroatoms. The highest BCUT2D eigenvalue weighted by Gasteiger charge is 2.20. The maximum Gasteiger partial charge on any atom is 0.255 e. The highest BCUT2D eigenvalue weighted by molar-refractivity contribution is 5.98. The lowest BCUT2D eigenvalue weighted by Gasteiger charge is -2.16. The Morgan fingerprint density at radius 1 is 1.32 bits per heavy atom. The highest BCUT2D eigenvalue weighted by atomic mass is 19.1. The van der Waals surface area contributed by atoms with Gasteiger partial charge >= 0.3 is 0 Å². The van der Waals surface area contributed by atoms with Crippen LogP contribution in [0, 0.1) is 5.82 Å². The number of anilines is 1. The predicted molar refractivity (Wildman–Crippen MR) is 68.8 cm³/mol. The van der Waals surface area contributed by atoms with Gasteiger partial charge < -0.3 is 16.4 Å². The average Bonchev–Trinajstić information content (AvgIpc) is 2.31. The summed E-state index contributed by atoms with van der Waals surface area (Å²) in [5, 5.41) is 5.04. The molecule has 4 N–H and O–H groups in total. The molecule has 0 bridgehead atoms. The summed E-state index contributed by atoms with van der Waals surface area (Å²) in [5.41, 5.74) is 5.03. The molecule has 0 aromatic carbocycles. The van der Waals surface area contributed by atoms with Crippen molar-refractivity contribution >= 4 is 17.6 Å². The number of amides is 2. The average molecular weight is 268 g/mol. The summed E-state index contributed by atoms with van der Waals surface area (Å²) in [6.45, 7) is 5.11. The Morgan fingerprint density at radius 3 is 2.53 bits per heavy atom. The number of halogens is 1. The van der Waals surface area contributed by atoms with Crippen molar-refractivity contribution in [1.82, 2.24) is 15.6 Å². The van der Waals surface area contributed by atoms with Gasteiger partial charge in [0.2, 0.25) is 5.91 Å². The maximum absolute atomic E-state index is 13.6. The summed E-state index contributed by atoms with van der Waals surface area (Å²) in [6.07, 6.45) is 1.23. The van der Waals surface area contributed by atoms with Gasteiger partial charge in [-0.3, -0.25) is 9.59 Å². The van der Waals surface area contributed by atoms with Crippen molar-refractivity contribution in [2.24, 2.45) is 0 Å². The van der Waals surface area contributed by atoms with Gasteiger partial charge in [-0.2, -0.15) is 0 Å². The van der Waals surface area contributed by atoms with E-state index in [0.29, 0.717) is 0 Å². The molecule has 0 saturated carbocycles.